The van der Waals surface area contributed by atoms with Crippen molar-refractivity contribution in [1.82, 2.24) is 0 Å². The van der Waals surface area contributed by atoms with Gasteiger partial charge in [-0.15, -0.1) is 0 Å². The minimum atomic E-state index is -0.762. The van der Waals surface area contributed by atoms with Crippen LogP contribution in [0.5, 0.6) is 0 Å². The highest BCUT2D eigenvalue weighted by molar-refractivity contribution is 5.75. The van der Waals surface area contributed by atoms with E-state index in [1.54, 1.807) is 20.8 Å². The minimum absolute atomic E-state index is 0.256. The first-order valence-electron chi connectivity index (χ1n) is 4.67. The van der Waals surface area contributed by atoms with Crippen LogP contribution in [0, 0.1) is 0 Å². The Morgan fingerprint density at radius 2 is 1.80 bits per heavy atom. The van der Waals surface area contributed by atoms with Crippen molar-refractivity contribution in [2.75, 3.05) is 13.7 Å². The Balaban J connectivity index is 3.86. The van der Waals surface area contributed by atoms with Crippen LogP contribution < -0.4 is 0 Å². The quantitative estimate of drug-likeness (QED) is 0.656. The van der Waals surface area contributed by atoms with Crippen molar-refractivity contribution >= 4 is 11.9 Å². The van der Waals surface area contributed by atoms with Gasteiger partial charge in [-0.05, 0) is 27.7 Å². The Morgan fingerprint density at radius 3 is 2.20 bits per heavy atom. The molecule has 0 bridgehead atoms. The maximum Gasteiger partial charge on any atom is 0.334 e. The number of esters is 2. The van der Waals surface area contributed by atoms with Gasteiger partial charge < -0.3 is 14.2 Å². The first-order chi connectivity index (χ1) is 6.76. The first kappa shape index (κ1) is 13.9. The van der Waals surface area contributed by atoms with Gasteiger partial charge >= 0.3 is 11.9 Å². The molecule has 15 heavy (non-hydrogen) atoms. The average Bonchev–Trinajstić information content (AvgIpc) is 2.10. The molecule has 1 atom stereocenters. The maximum atomic E-state index is 11.2. The molecule has 5 heteroatoms. The minimum Gasteiger partial charge on any atom is -0.467 e. The van der Waals surface area contributed by atoms with Crippen LogP contribution >= 0.6 is 0 Å². The van der Waals surface area contributed by atoms with Crippen molar-refractivity contribution in [3.05, 3.63) is 0 Å². The fourth-order valence-corrected chi connectivity index (χ4v) is 0.798. The molecule has 0 rings (SSSR count). The summed E-state index contributed by atoms with van der Waals surface area (Å²) in [6.07, 6.45) is -0.762. The highest BCUT2D eigenvalue weighted by Crippen LogP contribution is 2.07. The summed E-state index contributed by atoms with van der Waals surface area (Å²) in [6, 6.07) is 0. The Kier molecular flexibility index (Phi) is 5.28. The van der Waals surface area contributed by atoms with Crippen LogP contribution in [0.2, 0.25) is 0 Å². The predicted octanol–water partition coefficient (Wildman–Crippen LogP) is 0.906. The number of carbonyl (C=O) groups excluding carboxylic acids is 2. The topological polar surface area (TPSA) is 61.8 Å². The number of ether oxygens (including phenoxy) is 3. The molecule has 0 radical (unpaired) electrons. The molecule has 0 aliphatic rings. The molecule has 0 aliphatic heterocycles. The van der Waals surface area contributed by atoms with E-state index in [2.05, 4.69) is 4.74 Å². The number of methoxy groups -OCH3 is 1. The molecule has 0 saturated carbocycles. The molecular formula is C10H18O5. The van der Waals surface area contributed by atoms with E-state index in [0.29, 0.717) is 0 Å². The smallest absolute Gasteiger partial charge is 0.334 e. The van der Waals surface area contributed by atoms with E-state index >= 15 is 0 Å². The zero-order valence-corrected chi connectivity index (χ0v) is 9.83. The third kappa shape index (κ3) is 6.90. The lowest BCUT2D eigenvalue weighted by Gasteiger charge is -2.20. The number of hydrogen-bond donors (Lipinski definition) is 0. The van der Waals surface area contributed by atoms with Gasteiger partial charge in [0, 0.05) is 0 Å². The van der Waals surface area contributed by atoms with E-state index < -0.39 is 23.6 Å². The molecule has 88 valence electrons. The molecular weight excluding hydrogens is 200 g/mol. The fraction of sp³-hybridized carbons (Fsp3) is 0.800. The standard InChI is InChI=1S/C10H18O5/c1-7(9(12)13-5)14-6-8(11)15-10(2,3)4/h7H,6H2,1-5H3. The van der Waals surface area contributed by atoms with E-state index in [1.165, 1.54) is 14.0 Å². The molecule has 0 amide bonds. The van der Waals surface area contributed by atoms with Crippen molar-refractivity contribution < 1.29 is 23.8 Å². The van der Waals surface area contributed by atoms with Crippen molar-refractivity contribution in [1.29, 1.82) is 0 Å². The summed E-state index contributed by atoms with van der Waals surface area (Å²) in [5, 5.41) is 0. The summed E-state index contributed by atoms with van der Waals surface area (Å²) in [4.78, 5) is 22.1. The molecule has 0 spiro atoms. The van der Waals surface area contributed by atoms with Gasteiger partial charge in [0.05, 0.1) is 7.11 Å². The second kappa shape index (κ2) is 5.70. The monoisotopic (exact) mass is 218 g/mol. The molecule has 0 N–H and O–H groups in total. The zero-order valence-electron chi connectivity index (χ0n) is 9.83. The summed E-state index contributed by atoms with van der Waals surface area (Å²) in [5.74, 6) is -1.02. The molecule has 1 unspecified atom stereocenters. The Hall–Kier alpha value is -1.10. The van der Waals surface area contributed by atoms with Crippen molar-refractivity contribution in [3.63, 3.8) is 0 Å². The lowest BCUT2D eigenvalue weighted by molar-refractivity contribution is -0.166. The van der Waals surface area contributed by atoms with Crippen LogP contribution in [0.25, 0.3) is 0 Å². The van der Waals surface area contributed by atoms with Gasteiger partial charge in [-0.25, -0.2) is 9.59 Å². The van der Waals surface area contributed by atoms with Gasteiger partial charge in [0.2, 0.25) is 0 Å². The summed E-state index contributed by atoms with van der Waals surface area (Å²) in [6.45, 7) is 6.53. The fourth-order valence-electron chi connectivity index (χ4n) is 0.798. The molecule has 5 nitrogen and oxygen atoms in total. The molecule has 0 fully saturated rings. The van der Waals surface area contributed by atoms with Crippen LogP contribution in [0.1, 0.15) is 27.7 Å². The molecule has 0 aromatic heterocycles. The largest absolute Gasteiger partial charge is 0.467 e. The van der Waals surface area contributed by atoms with Gasteiger partial charge in [0.25, 0.3) is 0 Å². The Labute approximate surface area is 89.7 Å². The van der Waals surface area contributed by atoms with Crippen LogP contribution in [0.3, 0.4) is 0 Å². The lowest BCUT2D eigenvalue weighted by atomic mass is 10.2. The van der Waals surface area contributed by atoms with Crippen LogP contribution in [0.4, 0.5) is 0 Å². The van der Waals surface area contributed by atoms with Crippen molar-refractivity contribution in [3.8, 4) is 0 Å². The third-order valence-electron chi connectivity index (χ3n) is 1.40. The van der Waals surface area contributed by atoms with Gasteiger partial charge in [-0.3, -0.25) is 0 Å². The Morgan fingerprint density at radius 1 is 1.27 bits per heavy atom. The zero-order chi connectivity index (χ0) is 12.1. The van der Waals surface area contributed by atoms with Crippen LogP contribution in [0.15, 0.2) is 0 Å². The van der Waals surface area contributed by atoms with Crippen molar-refractivity contribution in [2.45, 2.75) is 39.4 Å². The number of hydrogen-bond acceptors (Lipinski definition) is 5. The maximum absolute atomic E-state index is 11.2. The van der Waals surface area contributed by atoms with Gasteiger partial charge in [-0.2, -0.15) is 0 Å². The third-order valence-corrected chi connectivity index (χ3v) is 1.40. The number of rotatable bonds is 4. The summed E-state index contributed by atoms with van der Waals surface area (Å²) in [5.41, 5.74) is -0.547. The molecule has 0 aromatic rings. The average molecular weight is 218 g/mol. The van der Waals surface area contributed by atoms with Crippen molar-refractivity contribution in [2.24, 2.45) is 0 Å². The summed E-state index contributed by atoms with van der Waals surface area (Å²) < 4.78 is 14.4. The number of carbonyl (C=O) groups is 2. The molecule has 0 aliphatic carbocycles. The SMILES string of the molecule is COC(=O)C(C)OCC(=O)OC(C)(C)C. The van der Waals surface area contributed by atoms with Crippen LogP contribution in [-0.4, -0.2) is 37.4 Å². The first-order valence-corrected chi connectivity index (χ1v) is 4.67. The van der Waals surface area contributed by atoms with Crippen LogP contribution in [-0.2, 0) is 23.8 Å². The predicted molar refractivity (Wildman–Crippen MR) is 53.3 cm³/mol. The van der Waals surface area contributed by atoms with Gasteiger partial charge in [0.1, 0.15) is 12.2 Å². The Bertz CT molecular complexity index is 228. The second-order valence-electron chi connectivity index (χ2n) is 4.06. The van der Waals surface area contributed by atoms with Gasteiger partial charge in [0.15, 0.2) is 6.10 Å². The second-order valence-corrected chi connectivity index (χ2v) is 4.06. The highest BCUT2D eigenvalue weighted by Gasteiger charge is 2.19. The van der Waals surface area contributed by atoms with Gasteiger partial charge in [-0.1, -0.05) is 0 Å². The van der Waals surface area contributed by atoms with E-state index in [0.717, 1.165) is 0 Å². The molecule has 0 heterocycles. The summed E-state index contributed by atoms with van der Waals surface area (Å²) in [7, 11) is 1.26. The van der Waals surface area contributed by atoms with E-state index in [1.807, 2.05) is 0 Å². The highest BCUT2D eigenvalue weighted by atomic mass is 16.6. The van der Waals surface area contributed by atoms with E-state index in [9.17, 15) is 9.59 Å². The molecule has 0 aromatic carbocycles. The summed E-state index contributed by atoms with van der Waals surface area (Å²) >= 11 is 0. The van der Waals surface area contributed by atoms with E-state index in [4.69, 9.17) is 9.47 Å². The normalized spacial score (nSPS) is 13.1. The molecule has 0 saturated heterocycles. The van der Waals surface area contributed by atoms with E-state index in [-0.39, 0.29) is 6.61 Å². The lowest BCUT2D eigenvalue weighted by Crippen LogP contribution is -2.30.